The van der Waals surface area contributed by atoms with Gasteiger partial charge in [-0.2, -0.15) is 0 Å². The fourth-order valence-corrected chi connectivity index (χ4v) is 6.08. The number of pyridine rings is 1. The minimum Gasteiger partial charge on any atom is -0.355 e. The van der Waals surface area contributed by atoms with Gasteiger partial charge in [0.2, 0.25) is 0 Å². The normalized spacial score (nSPS) is 22.7. The molecule has 0 spiro atoms. The molecule has 0 radical (unpaired) electrons. The van der Waals surface area contributed by atoms with Gasteiger partial charge in [0, 0.05) is 25.8 Å². The zero-order chi connectivity index (χ0) is 23.7. The quantitative estimate of drug-likeness (QED) is 0.331. The number of nitrogens with zero attached hydrogens (tertiary/aromatic N) is 4. The number of carbonyl (C=O) groups is 1. The summed E-state index contributed by atoms with van der Waals surface area (Å²) < 4.78 is 2.15. The largest absolute Gasteiger partial charge is 0.355 e. The summed E-state index contributed by atoms with van der Waals surface area (Å²) in [6, 6.07) is 3.85. The standard InChI is InChI=1S/C25H32N4O2S2/c1-5-6-7-10-28-24(31)20(33-25(28)32)12-19-22(27-13-17(3)11-18(4)14-27)26-21-9-8-16(2)15-29(21)23(19)30/h8-9,12,15,17-18H,5-7,10-11,13-14H2,1-4H3/b20-12-/t17-,18-/m0/s1. The molecule has 4 rings (SSSR count). The van der Waals surface area contributed by atoms with Crippen molar-refractivity contribution in [3.05, 3.63) is 44.7 Å². The molecule has 2 aliphatic heterocycles. The first-order valence-corrected chi connectivity index (χ1v) is 13.0. The van der Waals surface area contributed by atoms with Gasteiger partial charge in [-0.15, -0.1) is 0 Å². The first-order valence-electron chi connectivity index (χ1n) is 11.8. The number of amides is 1. The van der Waals surface area contributed by atoms with Gasteiger partial charge in [0.05, 0.1) is 10.5 Å². The van der Waals surface area contributed by atoms with E-state index in [4.69, 9.17) is 17.2 Å². The third kappa shape index (κ3) is 5.01. The molecule has 0 N–H and O–H groups in total. The van der Waals surface area contributed by atoms with E-state index in [0.717, 1.165) is 44.3 Å². The lowest BCUT2D eigenvalue weighted by atomic mass is 9.91. The van der Waals surface area contributed by atoms with E-state index in [-0.39, 0.29) is 11.5 Å². The molecule has 33 heavy (non-hydrogen) atoms. The van der Waals surface area contributed by atoms with E-state index in [1.54, 1.807) is 15.4 Å². The molecular formula is C25H32N4O2S2. The van der Waals surface area contributed by atoms with Gasteiger partial charge < -0.3 is 4.90 Å². The van der Waals surface area contributed by atoms with Gasteiger partial charge in [0.1, 0.15) is 15.8 Å². The Bertz CT molecular complexity index is 1160. The number of hydrogen-bond acceptors (Lipinski definition) is 6. The van der Waals surface area contributed by atoms with Crippen LogP contribution >= 0.6 is 24.0 Å². The molecule has 6 nitrogen and oxygen atoms in total. The molecule has 8 heteroatoms. The Kier molecular flexibility index (Phi) is 7.24. The van der Waals surface area contributed by atoms with E-state index in [1.165, 1.54) is 11.8 Å². The van der Waals surface area contributed by atoms with Crippen LogP contribution in [0.4, 0.5) is 5.82 Å². The van der Waals surface area contributed by atoms with Gasteiger partial charge in [0.25, 0.3) is 11.5 Å². The monoisotopic (exact) mass is 484 g/mol. The van der Waals surface area contributed by atoms with E-state index < -0.39 is 0 Å². The average Bonchev–Trinajstić information content (AvgIpc) is 3.02. The molecule has 4 heterocycles. The number of aromatic nitrogens is 2. The van der Waals surface area contributed by atoms with E-state index in [1.807, 2.05) is 25.3 Å². The first kappa shape index (κ1) is 24.0. The Labute approximate surface area is 205 Å². The van der Waals surface area contributed by atoms with E-state index in [9.17, 15) is 9.59 Å². The van der Waals surface area contributed by atoms with Gasteiger partial charge in [0.15, 0.2) is 0 Å². The molecule has 176 valence electrons. The van der Waals surface area contributed by atoms with Crippen molar-refractivity contribution in [1.82, 2.24) is 14.3 Å². The highest BCUT2D eigenvalue weighted by atomic mass is 32.2. The van der Waals surface area contributed by atoms with Crippen LogP contribution in [0.3, 0.4) is 0 Å². The van der Waals surface area contributed by atoms with Crippen molar-refractivity contribution in [1.29, 1.82) is 0 Å². The summed E-state index contributed by atoms with van der Waals surface area (Å²) in [5.41, 5.74) is 1.91. The Morgan fingerprint density at radius 1 is 1.18 bits per heavy atom. The third-order valence-electron chi connectivity index (χ3n) is 6.29. The number of piperidine rings is 1. The Hall–Kier alpha value is -2.19. The van der Waals surface area contributed by atoms with Gasteiger partial charge in [-0.1, -0.05) is 63.7 Å². The summed E-state index contributed by atoms with van der Waals surface area (Å²) in [5.74, 6) is 1.58. The fraction of sp³-hybridized carbons (Fsp3) is 0.520. The molecule has 1 amide bonds. The number of aryl methyl sites for hydroxylation is 1. The predicted octanol–water partition coefficient (Wildman–Crippen LogP) is 4.88. The van der Waals surface area contributed by atoms with Crippen molar-refractivity contribution >= 4 is 51.7 Å². The maximum Gasteiger partial charge on any atom is 0.267 e. The number of rotatable bonds is 6. The number of unbranched alkanes of at least 4 members (excludes halogenated alkanes) is 2. The van der Waals surface area contributed by atoms with Crippen LogP contribution in [-0.4, -0.2) is 44.1 Å². The summed E-state index contributed by atoms with van der Waals surface area (Å²) in [7, 11) is 0. The van der Waals surface area contributed by atoms with E-state index in [2.05, 4.69) is 25.7 Å². The smallest absolute Gasteiger partial charge is 0.267 e. The maximum atomic E-state index is 13.7. The van der Waals surface area contributed by atoms with Crippen LogP contribution in [0.1, 0.15) is 57.6 Å². The molecule has 0 bridgehead atoms. The summed E-state index contributed by atoms with van der Waals surface area (Å²) in [5, 5.41) is 0. The van der Waals surface area contributed by atoms with E-state index in [0.29, 0.717) is 44.6 Å². The van der Waals surface area contributed by atoms with Gasteiger partial charge in [-0.25, -0.2) is 4.98 Å². The van der Waals surface area contributed by atoms with E-state index >= 15 is 0 Å². The van der Waals surface area contributed by atoms with Crippen molar-refractivity contribution in [2.75, 3.05) is 24.5 Å². The third-order valence-corrected chi connectivity index (χ3v) is 7.67. The topological polar surface area (TPSA) is 57.9 Å². The van der Waals surface area contributed by atoms with Crippen LogP contribution in [0.15, 0.2) is 28.0 Å². The lowest BCUT2D eigenvalue weighted by Crippen LogP contribution is -2.40. The molecule has 2 atom stereocenters. The highest BCUT2D eigenvalue weighted by molar-refractivity contribution is 8.26. The first-order chi connectivity index (χ1) is 15.8. The van der Waals surface area contributed by atoms with Crippen molar-refractivity contribution < 1.29 is 4.79 Å². The summed E-state index contributed by atoms with van der Waals surface area (Å²) in [4.78, 5) is 36.1. The average molecular weight is 485 g/mol. The minimum atomic E-state index is -0.152. The van der Waals surface area contributed by atoms with Crippen LogP contribution < -0.4 is 10.5 Å². The number of fused-ring (bicyclic) bond motifs is 1. The SMILES string of the molecule is CCCCCN1C(=O)/C(=C/c2c(N3C[C@@H](C)C[C@H](C)C3)nc3ccc(C)cn3c2=O)SC1=S. The highest BCUT2D eigenvalue weighted by Gasteiger charge is 2.33. The molecule has 0 unspecified atom stereocenters. The predicted molar refractivity (Wildman–Crippen MR) is 141 cm³/mol. The van der Waals surface area contributed by atoms with Gasteiger partial charge in [-0.3, -0.25) is 18.9 Å². The van der Waals surface area contributed by atoms with Crippen molar-refractivity contribution in [2.45, 2.75) is 53.4 Å². The number of thioether (sulfide) groups is 1. The number of thiocarbonyl (C=S) groups is 1. The molecule has 0 aromatic carbocycles. The number of anilines is 1. The molecular weight excluding hydrogens is 452 g/mol. The van der Waals surface area contributed by atoms with Crippen LogP contribution in [-0.2, 0) is 4.79 Å². The molecule has 0 aliphatic carbocycles. The molecule has 0 saturated carbocycles. The van der Waals surface area contributed by atoms with Crippen LogP contribution in [0.5, 0.6) is 0 Å². The van der Waals surface area contributed by atoms with Gasteiger partial charge >= 0.3 is 0 Å². The van der Waals surface area contributed by atoms with Crippen LogP contribution in [0, 0.1) is 18.8 Å². The minimum absolute atomic E-state index is 0.110. The van der Waals surface area contributed by atoms with Crippen LogP contribution in [0.2, 0.25) is 0 Å². The van der Waals surface area contributed by atoms with Crippen molar-refractivity contribution in [3.8, 4) is 0 Å². The second kappa shape index (κ2) is 9.97. The molecule has 2 aromatic heterocycles. The van der Waals surface area contributed by atoms with Crippen LogP contribution in [0.25, 0.3) is 11.7 Å². The summed E-state index contributed by atoms with van der Waals surface area (Å²) in [6.07, 6.45) is 7.75. The highest BCUT2D eigenvalue weighted by Crippen LogP contribution is 2.34. The van der Waals surface area contributed by atoms with Crippen molar-refractivity contribution in [3.63, 3.8) is 0 Å². The molecule has 2 fully saturated rings. The lowest BCUT2D eigenvalue weighted by molar-refractivity contribution is -0.122. The lowest BCUT2D eigenvalue weighted by Gasteiger charge is -2.36. The molecule has 2 saturated heterocycles. The second-order valence-electron chi connectivity index (χ2n) is 9.48. The zero-order valence-corrected chi connectivity index (χ0v) is 21.5. The summed E-state index contributed by atoms with van der Waals surface area (Å²) >= 11 is 6.78. The molecule has 2 aliphatic rings. The maximum absolute atomic E-state index is 13.7. The fourth-order valence-electron chi connectivity index (χ4n) is 4.79. The molecule has 2 aromatic rings. The van der Waals surface area contributed by atoms with Gasteiger partial charge in [-0.05, 0) is 49.3 Å². The Morgan fingerprint density at radius 2 is 1.91 bits per heavy atom. The second-order valence-corrected chi connectivity index (χ2v) is 11.2. The Balaban J connectivity index is 1.80. The summed E-state index contributed by atoms with van der Waals surface area (Å²) in [6.45, 7) is 10.9. The number of hydrogen-bond donors (Lipinski definition) is 0. The van der Waals surface area contributed by atoms with Crippen molar-refractivity contribution in [2.24, 2.45) is 11.8 Å². The zero-order valence-electron chi connectivity index (χ0n) is 19.8. The Morgan fingerprint density at radius 3 is 2.61 bits per heavy atom. The number of carbonyl (C=O) groups excluding carboxylic acids is 1.